The Morgan fingerprint density at radius 1 is 1.47 bits per heavy atom. The zero-order valence-corrected chi connectivity index (χ0v) is 7.44. The van der Waals surface area contributed by atoms with Crippen molar-refractivity contribution in [3.8, 4) is 11.5 Å². The number of carboxylic acids is 1. The van der Waals surface area contributed by atoms with Crippen molar-refractivity contribution in [1.82, 2.24) is 0 Å². The smallest absolute Gasteiger partial charge is 0.531 e. The van der Waals surface area contributed by atoms with Crippen LogP contribution in [0.25, 0.3) is 0 Å². The fourth-order valence-electron chi connectivity index (χ4n) is 1.28. The van der Waals surface area contributed by atoms with Crippen LogP contribution < -0.4 is 9.39 Å². The van der Waals surface area contributed by atoms with E-state index in [-0.39, 0.29) is 23.6 Å². The minimum absolute atomic E-state index is 0.229. The molecule has 0 atom stereocenters. The van der Waals surface area contributed by atoms with Crippen molar-refractivity contribution in [3.63, 3.8) is 0 Å². The predicted molar refractivity (Wildman–Crippen MR) is 47.5 cm³/mol. The number of benzene rings is 1. The summed E-state index contributed by atoms with van der Waals surface area (Å²) in [7, 11) is -1.28. The number of ether oxygens (including phenoxy) is 1. The summed E-state index contributed by atoms with van der Waals surface area (Å²) in [5.74, 6) is -2.55. The van der Waals surface area contributed by atoms with Crippen molar-refractivity contribution in [3.05, 3.63) is 23.5 Å². The summed E-state index contributed by atoms with van der Waals surface area (Å²) in [4.78, 5) is 10.8. The molecular weight excluding hydrogens is 206 g/mol. The van der Waals surface area contributed by atoms with E-state index in [0.717, 1.165) is 12.1 Å². The minimum atomic E-state index is -1.28. The zero-order valence-electron chi connectivity index (χ0n) is 7.44. The number of hydrogen-bond acceptors (Lipinski definition) is 4. The molecule has 0 amide bonds. The van der Waals surface area contributed by atoms with Crippen LogP contribution in [0.15, 0.2) is 12.1 Å². The van der Waals surface area contributed by atoms with Crippen LogP contribution in [0.1, 0.15) is 10.4 Å². The van der Waals surface area contributed by atoms with Gasteiger partial charge in [0, 0.05) is 0 Å². The zero-order chi connectivity index (χ0) is 11.0. The number of aromatic carboxylic acids is 1. The average molecular weight is 212 g/mol. The Morgan fingerprint density at radius 2 is 2.20 bits per heavy atom. The molecule has 1 aliphatic rings. The first-order valence-corrected chi connectivity index (χ1v) is 4.13. The summed E-state index contributed by atoms with van der Waals surface area (Å²) in [5, 5.41) is 17.9. The molecule has 0 fully saturated rings. The van der Waals surface area contributed by atoms with Crippen molar-refractivity contribution in [2.24, 2.45) is 0 Å². The van der Waals surface area contributed by atoms with Crippen molar-refractivity contribution >= 4 is 13.1 Å². The van der Waals surface area contributed by atoms with E-state index in [9.17, 15) is 9.18 Å². The van der Waals surface area contributed by atoms with E-state index in [1.165, 1.54) is 0 Å². The third-order valence-electron chi connectivity index (χ3n) is 1.92. The Morgan fingerprint density at radius 3 is 2.87 bits per heavy atom. The van der Waals surface area contributed by atoms with Crippen LogP contribution >= 0.6 is 0 Å². The first-order chi connectivity index (χ1) is 7.09. The molecule has 15 heavy (non-hydrogen) atoms. The van der Waals surface area contributed by atoms with Gasteiger partial charge in [-0.25, -0.2) is 9.18 Å². The lowest BCUT2D eigenvalue weighted by Gasteiger charge is -2.22. The molecule has 1 aromatic rings. The molecule has 0 aliphatic carbocycles. The highest BCUT2D eigenvalue weighted by atomic mass is 19.1. The Labute approximate surface area is 84.2 Å². The molecule has 0 bridgehead atoms. The third-order valence-corrected chi connectivity index (χ3v) is 1.92. The summed E-state index contributed by atoms with van der Waals surface area (Å²) in [5.41, 5.74) is -0.245. The number of rotatable bonds is 1. The van der Waals surface area contributed by atoms with Crippen LogP contribution in [0.4, 0.5) is 4.39 Å². The molecule has 5 nitrogen and oxygen atoms in total. The molecule has 1 heterocycles. The topological polar surface area (TPSA) is 76.0 Å². The van der Waals surface area contributed by atoms with Gasteiger partial charge in [0.15, 0.2) is 17.3 Å². The molecule has 1 aromatic carbocycles. The largest absolute Gasteiger partial charge is 0.563 e. The maximum Gasteiger partial charge on any atom is 0.563 e. The van der Waals surface area contributed by atoms with Gasteiger partial charge in [0.05, 0.1) is 0 Å². The Bertz CT molecular complexity index is 422. The molecule has 2 rings (SSSR count). The molecule has 0 radical (unpaired) electrons. The van der Waals surface area contributed by atoms with Gasteiger partial charge in [0.2, 0.25) is 0 Å². The molecule has 0 saturated heterocycles. The first-order valence-electron chi connectivity index (χ1n) is 4.13. The van der Waals surface area contributed by atoms with Gasteiger partial charge in [0.1, 0.15) is 12.1 Å². The summed E-state index contributed by atoms with van der Waals surface area (Å²) in [6.07, 6.45) is 0. The summed E-state index contributed by atoms with van der Waals surface area (Å²) in [6, 6.07) is 2.03. The first kappa shape index (κ1) is 9.79. The lowest BCUT2D eigenvalue weighted by Crippen LogP contribution is -2.35. The Hall–Kier alpha value is -1.76. The van der Waals surface area contributed by atoms with E-state index in [2.05, 4.69) is 0 Å². The van der Waals surface area contributed by atoms with E-state index in [4.69, 9.17) is 19.5 Å². The lowest BCUT2D eigenvalue weighted by atomic mass is 9.91. The highest BCUT2D eigenvalue weighted by Crippen LogP contribution is 2.36. The van der Waals surface area contributed by atoms with E-state index in [0.29, 0.717) is 0 Å². The van der Waals surface area contributed by atoms with E-state index in [1.807, 2.05) is 0 Å². The van der Waals surface area contributed by atoms with Crippen LogP contribution in [-0.2, 0) is 0 Å². The van der Waals surface area contributed by atoms with Gasteiger partial charge in [-0.2, -0.15) is 0 Å². The lowest BCUT2D eigenvalue weighted by molar-refractivity contribution is 0.0693. The predicted octanol–water partition coefficient (Wildman–Crippen LogP) is 0.315. The van der Waals surface area contributed by atoms with Crippen molar-refractivity contribution < 1.29 is 28.7 Å². The summed E-state index contributed by atoms with van der Waals surface area (Å²) in [6.45, 7) is -0.229. The highest BCUT2D eigenvalue weighted by Gasteiger charge is 2.31. The van der Waals surface area contributed by atoms with Gasteiger partial charge >= 0.3 is 13.1 Å². The van der Waals surface area contributed by atoms with E-state index >= 15 is 0 Å². The molecule has 0 aromatic heterocycles. The number of fused-ring (bicyclic) bond motifs is 1. The quantitative estimate of drug-likeness (QED) is 0.655. The third kappa shape index (κ3) is 1.61. The number of carbonyl (C=O) groups is 1. The maximum atomic E-state index is 13.2. The van der Waals surface area contributed by atoms with Gasteiger partial charge < -0.3 is 19.5 Å². The molecule has 0 spiro atoms. The molecule has 2 N–H and O–H groups in total. The maximum absolute atomic E-state index is 13.2. The monoisotopic (exact) mass is 212 g/mol. The van der Waals surface area contributed by atoms with Gasteiger partial charge in [-0.1, -0.05) is 0 Å². The second kappa shape index (κ2) is 3.43. The number of halogens is 1. The number of hydrogen-bond donors (Lipinski definition) is 2. The second-order valence-corrected chi connectivity index (χ2v) is 2.94. The fraction of sp³-hybridized carbons (Fsp3) is 0.125. The number of carboxylic acid groups (broad SMARTS) is 1. The summed E-state index contributed by atoms with van der Waals surface area (Å²) < 4.78 is 22.8. The van der Waals surface area contributed by atoms with Crippen LogP contribution in [-0.4, -0.2) is 29.7 Å². The van der Waals surface area contributed by atoms with Gasteiger partial charge in [-0.05, 0) is 12.1 Å². The molecule has 78 valence electrons. The second-order valence-electron chi connectivity index (χ2n) is 2.94. The van der Waals surface area contributed by atoms with Crippen LogP contribution in [0.3, 0.4) is 0 Å². The van der Waals surface area contributed by atoms with E-state index in [1.54, 1.807) is 0 Å². The molecular formula is C8H6BFO5. The molecule has 1 aliphatic heterocycles. The van der Waals surface area contributed by atoms with Gasteiger partial charge in [-0.3, -0.25) is 0 Å². The summed E-state index contributed by atoms with van der Waals surface area (Å²) >= 11 is 0. The van der Waals surface area contributed by atoms with Crippen molar-refractivity contribution in [1.29, 1.82) is 0 Å². The SMILES string of the molecule is O=C(O)c1ccc(F)c2c1OB(O)CO2. The molecule has 0 saturated carbocycles. The van der Waals surface area contributed by atoms with Gasteiger partial charge in [-0.15, -0.1) is 0 Å². The van der Waals surface area contributed by atoms with Crippen LogP contribution in [0.5, 0.6) is 11.5 Å². The van der Waals surface area contributed by atoms with Crippen LogP contribution in [0.2, 0.25) is 0 Å². The average Bonchev–Trinajstić information content (AvgIpc) is 2.17. The van der Waals surface area contributed by atoms with Crippen LogP contribution in [0, 0.1) is 5.82 Å². The Kier molecular flexibility index (Phi) is 2.24. The Balaban J connectivity index is 2.56. The standard InChI is InChI=1S/C8H6BFO5/c10-5-2-1-4(8(11)12)6-7(5)14-3-9(13)15-6/h1-2,13H,3H2,(H,11,12). The van der Waals surface area contributed by atoms with Crippen molar-refractivity contribution in [2.75, 3.05) is 6.51 Å². The molecule has 0 unspecified atom stereocenters. The van der Waals surface area contributed by atoms with E-state index < -0.39 is 18.9 Å². The molecule has 7 heteroatoms. The highest BCUT2D eigenvalue weighted by molar-refractivity contribution is 6.44. The minimum Gasteiger partial charge on any atom is -0.531 e. The normalized spacial score (nSPS) is 13.9. The fourth-order valence-corrected chi connectivity index (χ4v) is 1.28. The van der Waals surface area contributed by atoms with Crippen molar-refractivity contribution in [2.45, 2.75) is 0 Å². The van der Waals surface area contributed by atoms with Gasteiger partial charge in [0.25, 0.3) is 0 Å².